The summed E-state index contributed by atoms with van der Waals surface area (Å²) < 4.78 is 78.5. The summed E-state index contributed by atoms with van der Waals surface area (Å²) >= 11 is 0. The smallest absolute Gasteiger partial charge is 0.456 e. The van der Waals surface area contributed by atoms with Crippen LogP contribution < -0.4 is 15.4 Å². The zero-order valence-electron chi connectivity index (χ0n) is 27.4. The van der Waals surface area contributed by atoms with Gasteiger partial charge in [0, 0.05) is 28.7 Å². The van der Waals surface area contributed by atoms with E-state index in [1.54, 1.807) is 54.6 Å². The van der Waals surface area contributed by atoms with Crippen molar-refractivity contribution in [3.8, 4) is 17.1 Å². The highest BCUT2D eigenvalue weighted by molar-refractivity contribution is 7.85. The standard InChI is InChI=1S/C37H35F3N2O7S/c1-36(2,3)28-12-8-24(9-13-28)31(20-23-4-6-26(7-5-23)34(43)41-18-19-50(45,46)47)35(44)42-29-14-10-25(11-15-29)33-22-27-21-30(49-37(38,39)40)16-17-32(27)48-33/h4-17,21-22,31H,18-20H2,1-3H3,(H,41,43)(H,42,44)(H,45,46,47). The van der Waals surface area contributed by atoms with E-state index >= 15 is 0 Å². The maximum absolute atomic E-state index is 13.8. The van der Waals surface area contributed by atoms with Crippen molar-refractivity contribution in [2.24, 2.45) is 0 Å². The van der Waals surface area contributed by atoms with Gasteiger partial charge in [-0.25, -0.2) is 0 Å². The number of carbonyl (C=O) groups is 2. The first-order valence-electron chi connectivity index (χ1n) is 15.6. The molecule has 9 nitrogen and oxygen atoms in total. The number of alkyl halides is 3. The van der Waals surface area contributed by atoms with Crippen LogP contribution in [0.2, 0.25) is 0 Å². The number of hydrogen-bond donors (Lipinski definition) is 3. The van der Waals surface area contributed by atoms with Crippen molar-refractivity contribution in [1.82, 2.24) is 5.32 Å². The van der Waals surface area contributed by atoms with Crippen molar-refractivity contribution in [3.05, 3.63) is 119 Å². The van der Waals surface area contributed by atoms with Gasteiger partial charge in [0.1, 0.15) is 17.1 Å². The predicted octanol–water partition coefficient (Wildman–Crippen LogP) is 7.88. The van der Waals surface area contributed by atoms with Gasteiger partial charge in [0.2, 0.25) is 5.91 Å². The number of halogens is 3. The fraction of sp³-hybridized carbons (Fsp3) is 0.243. The normalized spacial score (nSPS) is 12.8. The van der Waals surface area contributed by atoms with E-state index in [0.29, 0.717) is 40.0 Å². The van der Waals surface area contributed by atoms with Crippen molar-refractivity contribution in [3.63, 3.8) is 0 Å². The van der Waals surface area contributed by atoms with Gasteiger partial charge in [-0.3, -0.25) is 14.1 Å². The largest absolute Gasteiger partial charge is 0.573 e. The molecule has 5 aromatic rings. The van der Waals surface area contributed by atoms with E-state index < -0.39 is 34.1 Å². The van der Waals surface area contributed by atoms with Crippen molar-refractivity contribution in [2.75, 3.05) is 17.6 Å². The second-order valence-corrected chi connectivity index (χ2v) is 14.4. The number of furan rings is 1. The first-order chi connectivity index (χ1) is 23.4. The Bertz CT molecular complexity index is 2090. The maximum atomic E-state index is 13.8. The molecule has 0 aliphatic heterocycles. The Morgan fingerprint density at radius 1 is 0.880 bits per heavy atom. The summed E-state index contributed by atoms with van der Waals surface area (Å²) in [4.78, 5) is 26.3. The molecule has 0 saturated heterocycles. The lowest BCUT2D eigenvalue weighted by atomic mass is 9.84. The molecule has 1 unspecified atom stereocenters. The molecule has 3 N–H and O–H groups in total. The second kappa shape index (κ2) is 14.4. The molecule has 13 heteroatoms. The summed E-state index contributed by atoms with van der Waals surface area (Å²) in [6.07, 6.45) is -4.50. The summed E-state index contributed by atoms with van der Waals surface area (Å²) in [5.41, 5.74) is 4.43. The van der Waals surface area contributed by atoms with Gasteiger partial charge in [0.15, 0.2) is 0 Å². The van der Waals surface area contributed by atoms with Gasteiger partial charge in [-0.1, -0.05) is 57.2 Å². The molecule has 0 saturated carbocycles. The molecule has 0 aliphatic rings. The molecule has 0 aliphatic carbocycles. The number of carbonyl (C=O) groups excluding carboxylic acids is 2. The zero-order valence-corrected chi connectivity index (χ0v) is 28.2. The molecular formula is C37H35F3N2O7S. The zero-order chi connectivity index (χ0) is 36.3. The van der Waals surface area contributed by atoms with Gasteiger partial charge >= 0.3 is 6.36 Å². The van der Waals surface area contributed by atoms with Gasteiger partial charge < -0.3 is 19.8 Å². The van der Waals surface area contributed by atoms with Crippen LogP contribution in [0, 0.1) is 0 Å². The molecule has 1 heterocycles. The topological polar surface area (TPSA) is 135 Å². The highest BCUT2D eigenvalue weighted by atomic mass is 32.2. The average Bonchev–Trinajstić information content (AvgIpc) is 3.46. The Morgan fingerprint density at radius 3 is 2.14 bits per heavy atom. The number of benzene rings is 4. The molecule has 50 heavy (non-hydrogen) atoms. The van der Waals surface area contributed by atoms with E-state index in [2.05, 4.69) is 36.1 Å². The Hall–Kier alpha value is -5.14. The van der Waals surface area contributed by atoms with Crippen molar-refractivity contribution >= 4 is 38.6 Å². The molecule has 1 atom stereocenters. The predicted molar refractivity (Wildman–Crippen MR) is 184 cm³/mol. The first-order valence-corrected chi connectivity index (χ1v) is 17.2. The molecule has 4 aromatic carbocycles. The van der Waals surface area contributed by atoms with Crippen molar-refractivity contribution in [1.29, 1.82) is 0 Å². The van der Waals surface area contributed by atoms with Crippen LogP contribution in [0.3, 0.4) is 0 Å². The fourth-order valence-electron chi connectivity index (χ4n) is 5.31. The molecule has 0 bridgehead atoms. The van der Waals surface area contributed by atoms with Crippen LogP contribution in [0.5, 0.6) is 5.75 Å². The average molecular weight is 709 g/mol. The fourth-order valence-corrected chi connectivity index (χ4v) is 5.67. The summed E-state index contributed by atoms with van der Waals surface area (Å²) in [6.45, 7) is 6.05. The number of nitrogens with one attached hydrogen (secondary N) is 2. The van der Waals surface area contributed by atoms with Crippen LogP contribution in [0.25, 0.3) is 22.3 Å². The van der Waals surface area contributed by atoms with Crippen LogP contribution in [0.1, 0.15) is 53.7 Å². The van der Waals surface area contributed by atoms with E-state index in [1.807, 2.05) is 24.3 Å². The molecule has 0 spiro atoms. The van der Waals surface area contributed by atoms with E-state index in [0.717, 1.165) is 16.7 Å². The number of amides is 2. The van der Waals surface area contributed by atoms with E-state index in [4.69, 9.17) is 8.97 Å². The Balaban J connectivity index is 1.32. The molecule has 262 valence electrons. The molecule has 1 aromatic heterocycles. The number of hydrogen-bond acceptors (Lipinski definition) is 6. The Labute approximate surface area is 287 Å². The molecular weight excluding hydrogens is 673 g/mol. The van der Waals surface area contributed by atoms with E-state index in [-0.39, 0.29) is 23.6 Å². The summed E-state index contributed by atoms with van der Waals surface area (Å²) in [5, 5.41) is 5.86. The van der Waals surface area contributed by atoms with E-state index in [9.17, 15) is 31.2 Å². The molecule has 0 radical (unpaired) electrons. The monoisotopic (exact) mass is 708 g/mol. The van der Waals surface area contributed by atoms with Gasteiger partial charge in [-0.15, -0.1) is 13.2 Å². The van der Waals surface area contributed by atoms with Gasteiger partial charge in [0.05, 0.1) is 11.7 Å². The number of ether oxygens (including phenoxy) is 1. The van der Waals surface area contributed by atoms with Crippen molar-refractivity contribution < 1.29 is 44.9 Å². The van der Waals surface area contributed by atoms with Crippen LogP contribution >= 0.6 is 0 Å². The minimum absolute atomic E-state index is 0.0885. The maximum Gasteiger partial charge on any atom is 0.573 e. The quantitative estimate of drug-likeness (QED) is 0.119. The van der Waals surface area contributed by atoms with E-state index in [1.165, 1.54) is 18.2 Å². The highest BCUT2D eigenvalue weighted by Gasteiger charge is 2.31. The lowest BCUT2D eigenvalue weighted by Crippen LogP contribution is -2.28. The third kappa shape index (κ3) is 9.73. The van der Waals surface area contributed by atoms with Crippen LogP contribution in [-0.4, -0.2) is 43.4 Å². The second-order valence-electron chi connectivity index (χ2n) is 12.8. The van der Waals surface area contributed by atoms with Crippen LogP contribution in [-0.2, 0) is 26.7 Å². The lowest BCUT2D eigenvalue weighted by Gasteiger charge is -2.22. The summed E-state index contributed by atoms with van der Waals surface area (Å²) in [5.74, 6) is -1.91. The summed E-state index contributed by atoms with van der Waals surface area (Å²) in [6, 6.07) is 26.8. The Morgan fingerprint density at radius 2 is 1.54 bits per heavy atom. The van der Waals surface area contributed by atoms with Gasteiger partial charge in [0.25, 0.3) is 16.0 Å². The number of anilines is 1. The van der Waals surface area contributed by atoms with Gasteiger partial charge in [-0.2, -0.15) is 8.42 Å². The SMILES string of the molecule is CC(C)(C)c1ccc(C(Cc2ccc(C(=O)NCCS(=O)(=O)O)cc2)C(=O)Nc2ccc(-c3cc4cc(OC(F)(F)F)ccc4o3)cc2)cc1. The van der Waals surface area contributed by atoms with Crippen LogP contribution in [0.15, 0.2) is 101 Å². The number of fused-ring (bicyclic) bond motifs is 1. The van der Waals surface area contributed by atoms with Crippen LogP contribution in [0.4, 0.5) is 18.9 Å². The Kier molecular flexibility index (Phi) is 10.4. The third-order valence-corrected chi connectivity index (χ3v) is 8.68. The molecule has 0 fully saturated rings. The minimum atomic E-state index is -4.81. The third-order valence-electron chi connectivity index (χ3n) is 7.96. The minimum Gasteiger partial charge on any atom is -0.456 e. The first kappa shape index (κ1) is 36.1. The molecule has 2 amide bonds. The van der Waals surface area contributed by atoms with Gasteiger partial charge in [-0.05, 0) is 89.2 Å². The highest BCUT2D eigenvalue weighted by Crippen LogP contribution is 2.33. The number of rotatable bonds is 11. The lowest BCUT2D eigenvalue weighted by molar-refractivity contribution is -0.274. The summed E-state index contributed by atoms with van der Waals surface area (Å²) in [7, 11) is -4.21. The molecule has 5 rings (SSSR count). The van der Waals surface area contributed by atoms with Crippen molar-refractivity contribution in [2.45, 2.75) is 44.9 Å².